The minimum Gasteiger partial charge on any atom is -0.373 e. The lowest BCUT2D eigenvalue weighted by Crippen LogP contribution is -2.36. The van der Waals surface area contributed by atoms with Gasteiger partial charge in [0, 0.05) is 10.0 Å². The van der Waals surface area contributed by atoms with Crippen molar-refractivity contribution in [2.45, 2.75) is 18.4 Å². The first-order valence-electron chi connectivity index (χ1n) is 5.42. The molecule has 0 bridgehead atoms. The van der Waals surface area contributed by atoms with E-state index in [1.165, 1.54) is 12.1 Å². The van der Waals surface area contributed by atoms with E-state index in [2.05, 4.69) is 26.1 Å². The maximum Gasteiger partial charge on any atom is 0.330 e. The summed E-state index contributed by atoms with van der Waals surface area (Å²) < 4.78 is 67.7. The van der Waals surface area contributed by atoms with Gasteiger partial charge in [-0.3, -0.25) is 11.3 Å². The molecule has 0 saturated heterocycles. The lowest BCUT2D eigenvalue weighted by molar-refractivity contribution is -0.167. The third kappa shape index (κ3) is 4.65. The standard InChI is InChI=1S/C11H12BrF5N2O/c12-6-1-2-8(13)7(3-6)9(19-18)4-20-5-11(16,17)10(14)15/h1-3,9-10,19H,4-5,18H2. The number of alkyl halides is 4. The van der Waals surface area contributed by atoms with Gasteiger partial charge in [0.1, 0.15) is 12.4 Å². The van der Waals surface area contributed by atoms with Gasteiger partial charge in [-0.2, -0.15) is 8.78 Å². The Labute approximate surface area is 120 Å². The molecular formula is C11H12BrF5N2O. The number of hydrogen-bond donors (Lipinski definition) is 2. The molecule has 1 rings (SSSR count). The molecule has 3 nitrogen and oxygen atoms in total. The molecule has 1 aromatic rings. The van der Waals surface area contributed by atoms with E-state index in [1.807, 2.05) is 0 Å². The van der Waals surface area contributed by atoms with E-state index in [4.69, 9.17) is 5.84 Å². The quantitative estimate of drug-likeness (QED) is 0.445. The molecule has 0 radical (unpaired) electrons. The molecule has 0 fully saturated rings. The zero-order valence-corrected chi connectivity index (χ0v) is 11.6. The fraction of sp³-hybridized carbons (Fsp3) is 0.455. The van der Waals surface area contributed by atoms with Gasteiger partial charge in [0.2, 0.25) is 0 Å². The molecule has 0 spiro atoms. The number of halogens is 6. The molecule has 114 valence electrons. The smallest absolute Gasteiger partial charge is 0.330 e. The summed E-state index contributed by atoms with van der Waals surface area (Å²) in [7, 11) is 0. The van der Waals surface area contributed by atoms with Crippen molar-refractivity contribution >= 4 is 15.9 Å². The molecule has 0 aliphatic carbocycles. The van der Waals surface area contributed by atoms with E-state index in [9.17, 15) is 22.0 Å². The lowest BCUT2D eigenvalue weighted by Gasteiger charge is -2.20. The van der Waals surface area contributed by atoms with Crippen LogP contribution in [0.2, 0.25) is 0 Å². The number of ether oxygens (including phenoxy) is 1. The van der Waals surface area contributed by atoms with Crippen molar-refractivity contribution in [2.24, 2.45) is 5.84 Å². The molecule has 1 unspecified atom stereocenters. The zero-order chi connectivity index (χ0) is 15.3. The molecule has 0 saturated carbocycles. The van der Waals surface area contributed by atoms with Crippen molar-refractivity contribution in [2.75, 3.05) is 13.2 Å². The second-order valence-corrected chi connectivity index (χ2v) is 4.88. The van der Waals surface area contributed by atoms with Crippen molar-refractivity contribution in [3.63, 3.8) is 0 Å². The normalized spacial score (nSPS) is 13.8. The number of nitrogens with one attached hydrogen (secondary N) is 1. The minimum atomic E-state index is -4.25. The Bertz CT molecular complexity index is 447. The summed E-state index contributed by atoms with van der Waals surface area (Å²) >= 11 is 3.12. The van der Waals surface area contributed by atoms with E-state index in [-0.39, 0.29) is 5.56 Å². The summed E-state index contributed by atoms with van der Waals surface area (Å²) in [4.78, 5) is 0. The Balaban J connectivity index is 2.67. The van der Waals surface area contributed by atoms with Gasteiger partial charge in [0.15, 0.2) is 0 Å². The van der Waals surface area contributed by atoms with Gasteiger partial charge >= 0.3 is 12.3 Å². The van der Waals surface area contributed by atoms with E-state index < -0.39 is 37.4 Å². The lowest BCUT2D eigenvalue weighted by atomic mass is 10.1. The predicted molar refractivity (Wildman–Crippen MR) is 65.9 cm³/mol. The molecule has 0 aromatic heterocycles. The predicted octanol–water partition coefficient (Wildman–Crippen LogP) is 3.01. The summed E-state index contributed by atoms with van der Waals surface area (Å²) in [6.07, 6.45) is -3.82. The van der Waals surface area contributed by atoms with Crippen molar-refractivity contribution in [3.05, 3.63) is 34.1 Å². The largest absolute Gasteiger partial charge is 0.373 e. The van der Waals surface area contributed by atoms with Gasteiger partial charge in [-0.25, -0.2) is 13.2 Å². The Kier molecular flexibility index (Phi) is 6.31. The highest BCUT2D eigenvalue weighted by Gasteiger charge is 2.41. The summed E-state index contributed by atoms with van der Waals surface area (Å²) in [6, 6.07) is 3.03. The van der Waals surface area contributed by atoms with Crippen molar-refractivity contribution in [1.82, 2.24) is 5.43 Å². The molecule has 9 heteroatoms. The molecule has 0 aliphatic heterocycles. The number of rotatable bonds is 7. The second-order valence-electron chi connectivity index (χ2n) is 3.96. The highest BCUT2D eigenvalue weighted by atomic mass is 79.9. The minimum absolute atomic E-state index is 0.0715. The van der Waals surface area contributed by atoms with Crippen LogP contribution < -0.4 is 11.3 Å². The van der Waals surface area contributed by atoms with E-state index in [1.54, 1.807) is 0 Å². The van der Waals surface area contributed by atoms with Gasteiger partial charge < -0.3 is 4.74 Å². The molecule has 0 heterocycles. The Morgan fingerprint density at radius 2 is 2.00 bits per heavy atom. The van der Waals surface area contributed by atoms with Crippen LogP contribution in [-0.4, -0.2) is 25.6 Å². The van der Waals surface area contributed by atoms with Crippen LogP contribution >= 0.6 is 15.9 Å². The van der Waals surface area contributed by atoms with Gasteiger partial charge in [-0.15, -0.1) is 0 Å². The topological polar surface area (TPSA) is 47.3 Å². The fourth-order valence-electron chi connectivity index (χ4n) is 1.39. The first-order chi connectivity index (χ1) is 9.27. The highest BCUT2D eigenvalue weighted by Crippen LogP contribution is 2.25. The summed E-state index contributed by atoms with van der Waals surface area (Å²) in [5, 5.41) is 0. The maximum absolute atomic E-state index is 13.6. The Morgan fingerprint density at radius 1 is 1.35 bits per heavy atom. The van der Waals surface area contributed by atoms with Crippen LogP contribution in [0.4, 0.5) is 22.0 Å². The van der Waals surface area contributed by atoms with Crippen LogP contribution in [0.25, 0.3) is 0 Å². The molecule has 3 N–H and O–H groups in total. The van der Waals surface area contributed by atoms with Gasteiger partial charge in [-0.05, 0) is 18.2 Å². The molecule has 1 aromatic carbocycles. The van der Waals surface area contributed by atoms with E-state index >= 15 is 0 Å². The molecular weight excluding hydrogens is 351 g/mol. The second kappa shape index (κ2) is 7.30. The van der Waals surface area contributed by atoms with Crippen LogP contribution in [-0.2, 0) is 4.74 Å². The molecule has 1 atom stereocenters. The third-order valence-corrected chi connectivity index (χ3v) is 2.93. The van der Waals surface area contributed by atoms with Crippen LogP contribution in [0.3, 0.4) is 0 Å². The van der Waals surface area contributed by atoms with Crippen molar-refractivity contribution < 1.29 is 26.7 Å². The SMILES string of the molecule is NNC(COCC(F)(F)C(F)F)c1cc(Br)ccc1F. The fourth-order valence-corrected chi connectivity index (χ4v) is 1.76. The number of hydrazine groups is 1. The molecule has 20 heavy (non-hydrogen) atoms. The Morgan fingerprint density at radius 3 is 2.55 bits per heavy atom. The van der Waals surface area contributed by atoms with Crippen LogP contribution in [0.5, 0.6) is 0 Å². The average Bonchev–Trinajstić information content (AvgIpc) is 2.37. The summed E-state index contributed by atoms with van der Waals surface area (Å²) in [6.45, 7) is -1.95. The highest BCUT2D eigenvalue weighted by molar-refractivity contribution is 9.10. The number of benzene rings is 1. The first kappa shape index (κ1) is 17.3. The van der Waals surface area contributed by atoms with Gasteiger partial charge in [-0.1, -0.05) is 15.9 Å². The van der Waals surface area contributed by atoms with E-state index in [0.29, 0.717) is 4.47 Å². The zero-order valence-electron chi connectivity index (χ0n) is 10.1. The van der Waals surface area contributed by atoms with Gasteiger partial charge in [0.05, 0.1) is 12.6 Å². The number of nitrogens with two attached hydrogens (primary N) is 1. The van der Waals surface area contributed by atoms with Gasteiger partial charge in [0.25, 0.3) is 0 Å². The third-order valence-electron chi connectivity index (χ3n) is 2.43. The van der Waals surface area contributed by atoms with E-state index in [0.717, 1.165) is 6.07 Å². The van der Waals surface area contributed by atoms with Crippen LogP contribution in [0.1, 0.15) is 11.6 Å². The average molecular weight is 363 g/mol. The first-order valence-corrected chi connectivity index (χ1v) is 6.22. The van der Waals surface area contributed by atoms with Crippen LogP contribution in [0.15, 0.2) is 22.7 Å². The number of hydrogen-bond acceptors (Lipinski definition) is 3. The Hall–Kier alpha value is -0.770. The monoisotopic (exact) mass is 362 g/mol. The van der Waals surface area contributed by atoms with Crippen molar-refractivity contribution in [1.29, 1.82) is 0 Å². The van der Waals surface area contributed by atoms with Crippen LogP contribution in [0, 0.1) is 5.82 Å². The summed E-state index contributed by atoms with van der Waals surface area (Å²) in [5.74, 6) is 0.306. The molecule has 0 aliphatic rings. The summed E-state index contributed by atoms with van der Waals surface area (Å²) in [5.41, 5.74) is 2.26. The maximum atomic E-state index is 13.6. The molecule has 0 amide bonds. The van der Waals surface area contributed by atoms with Crippen molar-refractivity contribution in [3.8, 4) is 0 Å².